The minimum atomic E-state index is -4.42. The molecule has 0 saturated carbocycles. The van der Waals surface area contributed by atoms with Crippen molar-refractivity contribution >= 4 is 32.6 Å². The lowest BCUT2D eigenvalue weighted by atomic mass is 9.95. The SMILES string of the molecule is O=C(NC1CCOCC1)C1CCN(c2nc3c(C(F)(F)F)cccc3s2)CC1. The third kappa shape index (κ3) is 4.10. The van der Waals surface area contributed by atoms with Crippen LogP contribution in [-0.4, -0.2) is 43.2 Å². The fraction of sp³-hybridized carbons (Fsp3) is 0.579. The Labute approximate surface area is 164 Å². The second-order valence-corrected chi connectivity index (χ2v) is 8.31. The van der Waals surface area contributed by atoms with Crippen LogP contribution in [0.4, 0.5) is 18.3 Å². The Hall–Kier alpha value is -1.87. The van der Waals surface area contributed by atoms with Crippen LogP contribution in [0.1, 0.15) is 31.2 Å². The molecular formula is C19H22F3N3O2S. The molecule has 152 valence electrons. The van der Waals surface area contributed by atoms with E-state index in [4.69, 9.17) is 4.74 Å². The van der Waals surface area contributed by atoms with Crippen molar-refractivity contribution in [2.45, 2.75) is 37.9 Å². The predicted molar refractivity (Wildman–Crippen MR) is 102 cm³/mol. The van der Waals surface area contributed by atoms with Crippen LogP contribution in [0, 0.1) is 5.92 Å². The van der Waals surface area contributed by atoms with Crippen molar-refractivity contribution in [3.63, 3.8) is 0 Å². The molecule has 9 heteroatoms. The van der Waals surface area contributed by atoms with Crippen LogP contribution in [0.5, 0.6) is 0 Å². The normalized spacial score (nSPS) is 19.9. The Morgan fingerprint density at radius 1 is 1.18 bits per heavy atom. The molecule has 2 saturated heterocycles. The van der Waals surface area contributed by atoms with Gasteiger partial charge in [0.05, 0.1) is 15.8 Å². The fourth-order valence-corrected chi connectivity index (χ4v) is 4.84. The maximum atomic E-state index is 13.2. The number of benzene rings is 1. The summed E-state index contributed by atoms with van der Waals surface area (Å²) >= 11 is 1.27. The standard InChI is InChI=1S/C19H22F3N3O2S/c20-19(21,22)14-2-1-3-15-16(14)24-18(28-15)25-8-4-12(5-9-25)17(26)23-13-6-10-27-11-7-13/h1-3,12-13H,4-11H2,(H,23,26). The van der Waals surface area contributed by atoms with Gasteiger partial charge in [-0.2, -0.15) is 13.2 Å². The van der Waals surface area contributed by atoms with Crippen molar-refractivity contribution in [3.8, 4) is 0 Å². The van der Waals surface area contributed by atoms with Crippen molar-refractivity contribution in [1.82, 2.24) is 10.3 Å². The molecule has 28 heavy (non-hydrogen) atoms. The molecule has 0 aliphatic carbocycles. The third-order valence-electron chi connectivity index (χ3n) is 5.42. The quantitative estimate of drug-likeness (QED) is 0.831. The van der Waals surface area contributed by atoms with Gasteiger partial charge in [-0.1, -0.05) is 17.4 Å². The molecule has 0 bridgehead atoms. The summed E-state index contributed by atoms with van der Waals surface area (Å²) in [5.41, 5.74) is -0.687. The fourth-order valence-electron chi connectivity index (χ4n) is 3.79. The highest BCUT2D eigenvalue weighted by molar-refractivity contribution is 7.22. The zero-order chi connectivity index (χ0) is 19.7. The Kier molecular flexibility index (Phi) is 5.46. The second-order valence-electron chi connectivity index (χ2n) is 7.30. The summed E-state index contributed by atoms with van der Waals surface area (Å²) < 4.78 is 45.4. The molecule has 0 spiro atoms. The highest BCUT2D eigenvalue weighted by atomic mass is 32.1. The summed E-state index contributed by atoms with van der Waals surface area (Å²) in [6, 6.07) is 4.34. The number of carbonyl (C=O) groups is 1. The molecule has 1 amide bonds. The number of nitrogens with one attached hydrogen (secondary N) is 1. The molecule has 0 atom stereocenters. The number of rotatable bonds is 3. The van der Waals surface area contributed by atoms with Crippen molar-refractivity contribution in [2.24, 2.45) is 5.92 Å². The average molecular weight is 413 g/mol. The highest BCUT2D eigenvalue weighted by Gasteiger charge is 2.34. The molecule has 2 aromatic rings. The third-order valence-corrected chi connectivity index (χ3v) is 6.50. The Bertz CT molecular complexity index is 841. The summed E-state index contributed by atoms with van der Waals surface area (Å²) in [7, 11) is 0. The zero-order valence-corrected chi connectivity index (χ0v) is 16.1. The monoisotopic (exact) mass is 413 g/mol. The van der Waals surface area contributed by atoms with Gasteiger partial charge >= 0.3 is 6.18 Å². The van der Waals surface area contributed by atoms with E-state index in [1.54, 1.807) is 6.07 Å². The average Bonchev–Trinajstić information content (AvgIpc) is 3.12. The van der Waals surface area contributed by atoms with Crippen molar-refractivity contribution in [3.05, 3.63) is 23.8 Å². The van der Waals surface area contributed by atoms with E-state index < -0.39 is 11.7 Å². The van der Waals surface area contributed by atoms with Gasteiger partial charge < -0.3 is 15.0 Å². The van der Waals surface area contributed by atoms with Crippen LogP contribution in [-0.2, 0) is 15.7 Å². The zero-order valence-electron chi connectivity index (χ0n) is 15.3. The van der Waals surface area contributed by atoms with Gasteiger partial charge in [0, 0.05) is 38.3 Å². The van der Waals surface area contributed by atoms with Crippen LogP contribution in [0.25, 0.3) is 10.2 Å². The van der Waals surface area contributed by atoms with Gasteiger partial charge in [0.1, 0.15) is 0 Å². The van der Waals surface area contributed by atoms with Crippen LogP contribution < -0.4 is 10.2 Å². The summed E-state index contributed by atoms with van der Waals surface area (Å²) in [5.74, 6) is 0.0226. The first kappa shape index (κ1) is 19.4. The molecule has 2 aliphatic rings. The molecule has 4 rings (SSSR count). The number of piperidine rings is 1. The van der Waals surface area contributed by atoms with E-state index in [1.165, 1.54) is 17.4 Å². The molecule has 0 unspecified atom stereocenters. The van der Waals surface area contributed by atoms with E-state index in [0.717, 1.165) is 18.9 Å². The highest BCUT2D eigenvalue weighted by Crippen LogP contribution is 2.39. The van der Waals surface area contributed by atoms with Gasteiger partial charge in [-0.3, -0.25) is 4.79 Å². The Morgan fingerprint density at radius 3 is 2.57 bits per heavy atom. The first-order valence-electron chi connectivity index (χ1n) is 9.51. The van der Waals surface area contributed by atoms with Crippen molar-refractivity contribution in [1.29, 1.82) is 0 Å². The first-order valence-corrected chi connectivity index (χ1v) is 10.3. The van der Waals surface area contributed by atoms with E-state index in [-0.39, 0.29) is 23.4 Å². The topological polar surface area (TPSA) is 54.5 Å². The van der Waals surface area contributed by atoms with Gasteiger partial charge in [0.15, 0.2) is 5.13 Å². The van der Waals surface area contributed by atoms with E-state index in [9.17, 15) is 18.0 Å². The van der Waals surface area contributed by atoms with Crippen LogP contribution >= 0.6 is 11.3 Å². The number of halogens is 3. The number of fused-ring (bicyclic) bond motifs is 1. The van der Waals surface area contributed by atoms with Crippen molar-refractivity contribution in [2.75, 3.05) is 31.2 Å². The van der Waals surface area contributed by atoms with Crippen LogP contribution in [0.2, 0.25) is 0 Å². The van der Waals surface area contributed by atoms with E-state index >= 15 is 0 Å². The van der Waals surface area contributed by atoms with Crippen LogP contribution in [0.15, 0.2) is 18.2 Å². The molecule has 1 aromatic carbocycles. The van der Waals surface area contributed by atoms with Gasteiger partial charge in [-0.25, -0.2) is 4.98 Å². The molecule has 1 aromatic heterocycles. The van der Waals surface area contributed by atoms with E-state index in [1.807, 2.05) is 4.90 Å². The molecule has 1 N–H and O–H groups in total. The maximum Gasteiger partial charge on any atom is 0.418 e. The minimum absolute atomic E-state index is 0.00869. The Balaban J connectivity index is 1.40. The largest absolute Gasteiger partial charge is 0.418 e. The number of nitrogens with zero attached hydrogens (tertiary/aromatic N) is 2. The summed E-state index contributed by atoms with van der Waals surface area (Å²) in [5, 5.41) is 3.71. The molecule has 0 radical (unpaired) electrons. The number of hydrogen-bond donors (Lipinski definition) is 1. The maximum absolute atomic E-state index is 13.2. The first-order chi connectivity index (χ1) is 13.4. The Morgan fingerprint density at radius 2 is 1.89 bits per heavy atom. The smallest absolute Gasteiger partial charge is 0.381 e. The molecule has 2 aliphatic heterocycles. The number of amides is 1. The molecular weight excluding hydrogens is 391 g/mol. The van der Waals surface area contributed by atoms with Crippen molar-refractivity contribution < 1.29 is 22.7 Å². The number of carbonyl (C=O) groups excluding carboxylic acids is 1. The number of ether oxygens (including phenoxy) is 1. The minimum Gasteiger partial charge on any atom is -0.381 e. The number of alkyl halides is 3. The lowest BCUT2D eigenvalue weighted by molar-refractivity contribution is -0.136. The number of aromatic nitrogens is 1. The lowest BCUT2D eigenvalue weighted by Crippen LogP contribution is -2.45. The molecule has 2 fully saturated rings. The number of hydrogen-bond acceptors (Lipinski definition) is 5. The number of para-hydroxylation sites is 1. The van der Waals surface area contributed by atoms with Gasteiger partial charge in [0.2, 0.25) is 5.91 Å². The summed E-state index contributed by atoms with van der Waals surface area (Å²) in [4.78, 5) is 18.8. The number of thiazole rings is 1. The van der Waals surface area contributed by atoms with E-state index in [2.05, 4.69) is 10.3 Å². The summed E-state index contributed by atoms with van der Waals surface area (Å²) in [6.07, 6.45) is -1.37. The predicted octanol–water partition coefficient (Wildman–Crippen LogP) is 3.83. The van der Waals surface area contributed by atoms with E-state index in [0.29, 0.717) is 49.0 Å². The molecule has 5 nitrogen and oxygen atoms in total. The van der Waals surface area contributed by atoms with Gasteiger partial charge in [-0.15, -0.1) is 0 Å². The lowest BCUT2D eigenvalue weighted by Gasteiger charge is -2.32. The number of anilines is 1. The van der Waals surface area contributed by atoms with Gasteiger partial charge in [0.25, 0.3) is 0 Å². The second kappa shape index (κ2) is 7.87. The van der Waals surface area contributed by atoms with Crippen LogP contribution in [0.3, 0.4) is 0 Å². The van der Waals surface area contributed by atoms with Gasteiger partial charge in [-0.05, 0) is 37.8 Å². The molecule has 3 heterocycles. The summed E-state index contributed by atoms with van der Waals surface area (Å²) in [6.45, 7) is 2.60.